The minimum absolute atomic E-state index is 0.0292. The maximum absolute atomic E-state index is 13.2. The molecule has 1 aromatic heterocycles. The average molecular weight is 429 g/mol. The molecule has 0 atom stereocenters. The molecular weight excluding hydrogens is 407 g/mol. The molecule has 2 aromatic rings. The van der Waals surface area contributed by atoms with Crippen molar-refractivity contribution < 1.29 is 9.53 Å². The van der Waals surface area contributed by atoms with Gasteiger partial charge in [0.25, 0.3) is 11.5 Å². The highest BCUT2D eigenvalue weighted by Crippen LogP contribution is 2.25. The molecule has 152 valence electrons. The number of benzene rings is 1. The highest BCUT2D eigenvalue weighted by molar-refractivity contribution is 6.37. The molecule has 10 heteroatoms. The first kappa shape index (κ1) is 22.0. The van der Waals surface area contributed by atoms with Crippen molar-refractivity contribution in [2.75, 3.05) is 30.9 Å². The monoisotopic (exact) mass is 428 g/mol. The lowest BCUT2D eigenvalue weighted by Crippen LogP contribution is -2.43. The Labute approximate surface area is 171 Å². The van der Waals surface area contributed by atoms with E-state index in [4.69, 9.17) is 33.7 Å². The molecule has 0 saturated carbocycles. The molecule has 0 unspecified atom stereocenters. The molecule has 28 heavy (non-hydrogen) atoms. The summed E-state index contributed by atoms with van der Waals surface area (Å²) >= 11 is 12.1. The predicted molar refractivity (Wildman–Crippen MR) is 111 cm³/mol. The molecule has 3 N–H and O–H groups in total. The topological polar surface area (TPSA) is 110 Å². The van der Waals surface area contributed by atoms with Crippen molar-refractivity contribution in [3.63, 3.8) is 0 Å². The van der Waals surface area contributed by atoms with Crippen LogP contribution in [0.3, 0.4) is 0 Å². The zero-order chi connectivity index (χ0) is 21.0. The third-order valence-electron chi connectivity index (χ3n) is 3.96. The minimum Gasteiger partial charge on any atom is -0.383 e. The summed E-state index contributed by atoms with van der Waals surface area (Å²) in [5, 5.41) is 0.498. The summed E-state index contributed by atoms with van der Waals surface area (Å²) in [6.45, 7) is 4.25. The Hall–Kier alpha value is -2.29. The molecule has 0 aliphatic heterocycles. The number of methoxy groups -OCH3 is 1. The molecule has 1 aromatic carbocycles. The predicted octanol–water partition coefficient (Wildman–Crippen LogP) is 2.37. The number of anilines is 2. The van der Waals surface area contributed by atoms with Crippen LogP contribution in [0.4, 0.5) is 11.5 Å². The van der Waals surface area contributed by atoms with Gasteiger partial charge in [0, 0.05) is 25.2 Å². The number of carbonyl (C=O) groups excluding carboxylic acids is 1. The maximum atomic E-state index is 13.2. The van der Waals surface area contributed by atoms with Gasteiger partial charge in [-0.25, -0.2) is 4.79 Å². The molecule has 0 spiro atoms. The van der Waals surface area contributed by atoms with E-state index in [9.17, 15) is 14.4 Å². The summed E-state index contributed by atoms with van der Waals surface area (Å²) in [7, 11) is 1.46. The SMILES string of the molecule is COCCN(C(=O)c1ccc(Cl)cc1Cl)c1c(N)n(CC(C)C)c(=O)[nH]c1=O. The lowest BCUT2D eigenvalue weighted by Gasteiger charge is -2.25. The van der Waals surface area contributed by atoms with Gasteiger partial charge in [-0.1, -0.05) is 37.0 Å². The van der Waals surface area contributed by atoms with Gasteiger partial charge in [-0.2, -0.15) is 0 Å². The Bertz CT molecular complexity index is 985. The van der Waals surface area contributed by atoms with Crippen LogP contribution >= 0.6 is 23.2 Å². The number of halogens is 2. The van der Waals surface area contributed by atoms with Crippen LogP contribution in [0.1, 0.15) is 24.2 Å². The molecule has 8 nitrogen and oxygen atoms in total. The lowest BCUT2D eigenvalue weighted by atomic mass is 10.2. The normalized spacial score (nSPS) is 11.1. The van der Waals surface area contributed by atoms with E-state index in [-0.39, 0.29) is 47.7 Å². The highest BCUT2D eigenvalue weighted by Gasteiger charge is 2.26. The third-order valence-corrected chi connectivity index (χ3v) is 4.51. The van der Waals surface area contributed by atoms with Crippen LogP contribution in [0.25, 0.3) is 0 Å². The molecule has 0 radical (unpaired) electrons. The number of nitrogen functional groups attached to an aromatic ring is 1. The molecule has 0 saturated heterocycles. The van der Waals surface area contributed by atoms with Gasteiger partial charge >= 0.3 is 5.69 Å². The number of aromatic nitrogens is 2. The van der Waals surface area contributed by atoms with E-state index in [2.05, 4.69) is 4.98 Å². The summed E-state index contributed by atoms with van der Waals surface area (Å²) in [6, 6.07) is 4.40. The fourth-order valence-corrected chi connectivity index (χ4v) is 3.18. The number of nitrogens with one attached hydrogen (secondary N) is 1. The van der Waals surface area contributed by atoms with Crippen LogP contribution in [0.15, 0.2) is 27.8 Å². The third kappa shape index (κ3) is 4.76. The van der Waals surface area contributed by atoms with Gasteiger partial charge in [-0.15, -0.1) is 0 Å². The van der Waals surface area contributed by atoms with E-state index in [0.717, 1.165) is 4.90 Å². The second kappa shape index (κ2) is 9.27. The fourth-order valence-electron chi connectivity index (χ4n) is 2.69. The quantitative estimate of drug-likeness (QED) is 0.702. The van der Waals surface area contributed by atoms with E-state index >= 15 is 0 Å². The van der Waals surface area contributed by atoms with Gasteiger partial charge in [0.1, 0.15) is 5.82 Å². The highest BCUT2D eigenvalue weighted by atomic mass is 35.5. The van der Waals surface area contributed by atoms with E-state index in [0.29, 0.717) is 5.02 Å². The number of rotatable bonds is 7. The van der Waals surface area contributed by atoms with Crippen molar-refractivity contribution in [1.82, 2.24) is 9.55 Å². The minimum atomic E-state index is -0.767. The van der Waals surface area contributed by atoms with Crippen molar-refractivity contribution in [3.8, 4) is 0 Å². The second-order valence-corrected chi connectivity index (χ2v) is 7.41. The number of aromatic amines is 1. The molecular formula is C18H22Cl2N4O4. The van der Waals surface area contributed by atoms with Gasteiger partial charge in [-0.05, 0) is 24.1 Å². The van der Waals surface area contributed by atoms with E-state index in [1.165, 1.54) is 29.9 Å². The Kier molecular flexibility index (Phi) is 7.29. The Morgan fingerprint density at radius 1 is 1.32 bits per heavy atom. The average Bonchev–Trinajstić information content (AvgIpc) is 2.60. The van der Waals surface area contributed by atoms with Crippen LogP contribution < -0.4 is 21.9 Å². The second-order valence-electron chi connectivity index (χ2n) is 6.57. The van der Waals surface area contributed by atoms with Crippen LogP contribution in [0.5, 0.6) is 0 Å². The zero-order valence-corrected chi connectivity index (χ0v) is 17.3. The molecule has 2 rings (SSSR count). The molecule has 0 fully saturated rings. The molecule has 0 bridgehead atoms. The maximum Gasteiger partial charge on any atom is 0.330 e. The molecule has 1 heterocycles. The first-order valence-electron chi connectivity index (χ1n) is 8.55. The first-order valence-corrected chi connectivity index (χ1v) is 9.31. The number of carbonyl (C=O) groups is 1. The molecule has 1 amide bonds. The number of amides is 1. The van der Waals surface area contributed by atoms with E-state index in [1.807, 2.05) is 13.8 Å². The summed E-state index contributed by atoms with van der Waals surface area (Å²) < 4.78 is 6.29. The van der Waals surface area contributed by atoms with Gasteiger partial charge < -0.3 is 10.5 Å². The fraction of sp³-hybridized carbons (Fsp3) is 0.389. The van der Waals surface area contributed by atoms with Crippen molar-refractivity contribution in [2.24, 2.45) is 5.92 Å². The van der Waals surface area contributed by atoms with Crippen molar-refractivity contribution in [1.29, 1.82) is 0 Å². The zero-order valence-electron chi connectivity index (χ0n) is 15.8. The number of H-pyrrole nitrogens is 1. The standard InChI is InChI=1S/C18H22Cl2N4O4/c1-10(2)9-24-15(21)14(16(25)22-18(24)27)23(6-7-28-3)17(26)12-5-4-11(19)8-13(12)20/h4-5,8,10H,6-7,9,21H2,1-3H3,(H,22,25,27). The Morgan fingerprint density at radius 2 is 2.00 bits per heavy atom. The van der Waals surface area contributed by atoms with Gasteiger partial charge in [0.05, 0.1) is 17.2 Å². The van der Waals surface area contributed by atoms with Gasteiger partial charge in [-0.3, -0.25) is 24.0 Å². The van der Waals surface area contributed by atoms with E-state index in [1.54, 1.807) is 0 Å². The Morgan fingerprint density at radius 3 is 2.57 bits per heavy atom. The summed E-state index contributed by atoms with van der Waals surface area (Å²) in [4.78, 5) is 41.3. The lowest BCUT2D eigenvalue weighted by molar-refractivity contribution is 0.0975. The van der Waals surface area contributed by atoms with Crippen molar-refractivity contribution >= 4 is 40.6 Å². The van der Waals surface area contributed by atoms with Crippen LogP contribution in [0.2, 0.25) is 10.0 Å². The number of nitrogens with zero attached hydrogens (tertiary/aromatic N) is 2. The van der Waals surface area contributed by atoms with Crippen molar-refractivity contribution in [2.45, 2.75) is 20.4 Å². The largest absolute Gasteiger partial charge is 0.383 e. The summed E-state index contributed by atoms with van der Waals surface area (Å²) in [5.41, 5.74) is 4.75. The van der Waals surface area contributed by atoms with Crippen molar-refractivity contribution in [3.05, 3.63) is 54.6 Å². The van der Waals surface area contributed by atoms with Gasteiger partial charge in [0.15, 0.2) is 5.69 Å². The summed E-state index contributed by atoms with van der Waals surface area (Å²) in [6.07, 6.45) is 0. The summed E-state index contributed by atoms with van der Waals surface area (Å²) in [5.74, 6) is -0.574. The molecule has 0 aliphatic carbocycles. The number of nitrogens with two attached hydrogens (primary N) is 1. The van der Waals surface area contributed by atoms with Crippen LogP contribution in [-0.4, -0.2) is 35.7 Å². The van der Waals surface area contributed by atoms with E-state index < -0.39 is 17.2 Å². The van der Waals surface area contributed by atoms with Crippen LogP contribution in [0, 0.1) is 5.92 Å². The van der Waals surface area contributed by atoms with Crippen LogP contribution in [-0.2, 0) is 11.3 Å². The molecule has 0 aliphatic rings. The first-order chi connectivity index (χ1) is 13.2. The smallest absolute Gasteiger partial charge is 0.330 e. The Balaban J connectivity index is 2.64. The number of hydrogen-bond donors (Lipinski definition) is 2. The van der Waals surface area contributed by atoms with Gasteiger partial charge in [0.2, 0.25) is 0 Å². The number of hydrogen-bond acceptors (Lipinski definition) is 5. The number of ether oxygens (including phenoxy) is 1.